The predicted octanol–water partition coefficient (Wildman–Crippen LogP) is -0.627. The average molecular weight is 541 g/mol. The Morgan fingerprint density at radius 3 is 1.92 bits per heavy atom. The van der Waals surface area contributed by atoms with Gasteiger partial charge in [0.1, 0.15) is 24.2 Å². The number of nitrogens with one attached hydrogen (secondary N) is 3. The van der Waals surface area contributed by atoms with E-state index in [2.05, 4.69) is 16.0 Å². The van der Waals surface area contributed by atoms with Crippen molar-refractivity contribution in [3.8, 4) is 0 Å². The lowest BCUT2D eigenvalue weighted by Crippen LogP contribution is -2.61. The molecule has 0 unspecified atom stereocenters. The fourth-order valence-electron chi connectivity index (χ4n) is 4.54. The number of aliphatic hydroxyl groups is 1. The molecule has 38 heavy (non-hydrogen) atoms. The van der Waals surface area contributed by atoms with E-state index in [4.69, 9.17) is 11.5 Å². The highest BCUT2D eigenvalue weighted by atomic mass is 16.3. The quantitative estimate of drug-likeness (QED) is 0.169. The third-order valence-electron chi connectivity index (χ3n) is 6.56. The first kappa shape index (κ1) is 33.3. The first-order valence-corrected chi connectivity index (χ1v) is 13.5. The van der Waals surface area contributed by atoms with Crippen molar-refractivity contribution in [3.05, 3.63) is 0 Å². The van der Waals surface area contributed by atoms with Gasteiger partial charge in [0, 0.05) is 6.54 Å². The van der Waals surface area contributed by atoms with E-state index in [0.29, 0.717) is 25.7 Å². The van der Waals surface area contributed by atoms with E-state index >= 15 is 0 Å². The van der Waals surface area contributed by atoms with Gasteiger partial charge in [-0.15, -0.1) is 0 Å². The Bertz CT molecular complexity index is 846. The second-order valence-electron chi connectivity index (χ2n) is 11.5. The fraction of sp³-hybridized carbons (Fsp3) is 0.808. The summed E-state index contributed by atoms with van der Waals surface area (Å²) in [7, 11) is 0. The number of amides is 5. The molecule has 0 aromatic carbocycles. The lowest BCUT2D eigenvalue weighted by atomic mass is 10.00. The smallest absolute Gasteiger partial charge is 0.248 e. The number of nitrogens with two attached hydrogens (primary N) is 2. The molecule has 1 rings (SSSR count). The van der Waals surface area contributed by atoms with Crippen LogP contribution >= 0.6 is 0 Å². The Labute approximate surface area is 226 Å². The summed E-state index contributed by atoms with van der Waals surface area (Å²) in [6.45, 7) is 12.8. The summed E-state index contributed by atoms with van der Waals surface area (Å²) in [5.41, 5.74) is 11.4. The number of primary amides is 1. The molecule has 1 heterocycles. The Kier molecular flexibility index (Phi) is 13.2. The summed E-state index contributed by atoms with van der Waals surface area (Å²) in [5, 5.41) is 18.3. The second kappa shape index (κ2) is 15.0. The van der Waals surface area contributed by atoms with Crippen molar-refractivity contribution < 1.29 is 29.1 Å². The third-order valence-corrected chi connectivity index (χ3v) is 6.56. The average Bonchev–Trinajstić information content (AvgIpc) is 3.28. The maximum Gasteiger partial charge on any atom is 0.248 e. The maximum absolute atomic E-state index is 13.5. The second-order valence-corrected chi connectivity index (χ2v) is 11.5. The highest BCUT2D eigenvalue weighted by molar-refractivity contribution is 5.96. The van der Waals surface area contributed by atoms with Crippen molar-refractivity contribution in [1.29, 1.82) is 0 Å². The Balaban J connectivity index is 3.05. The van der Waals surface area contributed by atoms with Gasteiger partial charge in [-0.1, -0.05) is 41.5 Å². The van der Waals surface area contributed by atoms with Crippen LogP contribution in [0.5, 0.6) is 0 Å². The molecular formula is C26H48N6O6. The molecule has 1 aliphatic rings. The minimum atomic E-state index is -1.34. The van der Waals surface area contributed by atoms with Crippen molar-refractivity contribution in [2.75, 3.05) is 6.54 Å². The van der Waals surface area contributed by atoms with Gasteiger partial charge in [0.15, 0.2) is 0 Å². The molecule has 0 aromatic rings. The van der Waals surface area contributed by atoms with Crippen molar-refractivity contribution in [2.45, 2.75) is 110 Å². The van der Waals surface area contributed by atoms with Gasteiger partial charge >= 0.3 is 0 Å². The lowest BCUT2D eigenvalue weighted by Gasteiger charge is -2.32. The summed E-state index contributed by atoms with van der Waals surface area (Å²) < 4.78 is 0. The van der Waals surface area contributed by atoms with Crippen LogP contribution in [0.25, 0.3) is 0 Å². The molecule has 8 N–H and O–H groups in total. The van der Waals surface area contributed by atoms with E-state index in [1.807, 2.05) is 27.7 Å². The van der Waals surface area contributed by atoms with Gasteiger partial charge in [-0.05, 0) is 50.4 Å². The molecule has 0 aromatic heterocycles. The molecule has 0 radical (unpaired) electrons. The Hall–Kier alpha value is -2.73. The SMILES string of the molecule is CC(C)C[C@H](NC(=O)[C@@H](N)CC(C)C)C(=O)N[C@H](C(=O)N1CCC[C@H]1C(=O)N[C@H](C(N)=O)C(C)C)[C@@H](C)O. The molecule has 0 saturated carbocycles. The van der Waals surface area contributed by atoms with Crippen LogP contribution in [0.1, 0.15) is 74.1 Å². The largest absolute Gasteiger partial charge is 0.391 e. The number of carbonyl (C=O) groups excluding carboxylic acids is 5. The first-order valence-electron chi connectivity index (χ1n) is 13.5. The first-order chi connectivity index (χ1) is 17.6. The normalized spacial score (nSPS) is 19.6. The number of hydrogen-bond donors (Lipinski definition) is 6. The van der Waals surface area contributed by atoms with Gasteiger partial charge in [0.25, 0.3) is 0 Å². The zero-order valence-corrected chi connectivity index (χ0v) is 23.8. The van der Waals surface area contributed by atoms with Crippen molar-refractivity contribution >= 4 is 29.5 Å². The Morgan fingerprint density at radius 1 is 0.868 bits per heavy atom. The molecule has 0 aliphatic carbocycles. The van der Waals surface area contributed by atoms with E-state index in [1.165, 1.54) is 11.8 Å². The lowest BCUT2D eigenvalue weighted by molar-refractivity contribution is -0.144. The van der Waals surface area contributed by atoms with Gasteiger partial charge in [-0.25, -0.2) is 0 Å². The summed E-state index contributed by atoms with van der Waals surface area (Å²) in [5.74, 6) is -2.93. The molecule has 0 spiro atoms. The number of likely N-dealkylation sites (tertiary alicyclic amines) is 1. The minimum absolute atomic E-state index is 0.0406. The van der Waals surface area contributed by atoms with E-state index in [0.717, 1.165) is 0 Å². The van der Waals surface area contributed by atoms with Gasteiger partial charge in [-0.3, -0.25) is 24.0 Å². The zero-order valence-electron chi connectivity index (χ0n) is 23.8. The number of hydrogen-bond acceptors (Lipinski definition) is 7. The van der Waals surface area contributed by atoms with E-state index < -0.39 is 65.8 Å². The summed E-state index contributed by atoms with van der Waals surface area (Å²) in [4.78, 5) is 65.3. The summed E-state index contributed by atoms with van der Waals surface area (Å²) >= 11 is 0. The van der Waals surface area contributed by atoms with E-state index in [-0.39, 0.29) is 24.3 Å². The monoisotopic (exact) mass is 540 g/mol. The van der Waals surface area contributed by atoms with Crippen LogP contribution in [-0.2, 0) is 24.0 Å². The van der Waals surface area contributed by atoms with Crippen LogP contribution in [0.4, 0.5) is 0 Å². The van der Waals surface area contributed by atoms with E-state index in [9.17, 15) is 29.1 Å². The molecule has 5 amide bonds. The molecule has 1 saturated heterocycles. The van der Waals surface area contributed by atoms with Crippen LogP contribution in [0.3, 0.4) is 0 Å². The van der Waals surface area contributed by atoms with Crippen LogP contribution in [0.2, 0.25) is 0 Å². The fourth-order valence-corrected chi connectivity index (χ4v) is 4.54. The number of rotatable bonds is 14. The molecule has 6 atom stereocenters. The van der Waals surface area contributed by atoms with Crippen molar-refractivity contribution in [2.24, 2.45) is 29.2 Å². The molecule has 12 heteroatoms. The summed E-state index contributed by atoms with van der Waals surface area (Å²) in [6, 6.07) is -4.86. The number of aliphatic hydroxyl groups excluding tert-OH is 1. The molecule has 1 fully saturated rings. The summed E-state index contributed by atoms with van der Waals surface area (Å²) in [6.07, 6.45) is 0.366. The topological polar surface area (TPSA) is 197 Å². The zero-order chi connectivity index (χ0) is 29.3. The Morgan fingerprint density at radius 2 is 1.45 bits per heavy atom. The van der Waals surface area contributed by atoms with Crippen LogP contribution < -0.4 is 27.4 Å². The number of carbonyl (C=O) groups is 5. The van der Waals surface area contributed by atoms with Crippen LogP contribution in [0, 0.1) is 17.8 Å². The van der Waals surface area contributed by atoms with E-state index in [1.54, 1.807) is 13.8 Å². The third kappa shape index (κ3) is 9.86. The molecule has 218 valence electrons. The van der Waals surface area contributed by atoms with Crippen LogP contribution in [-0.4, -0.2) is 82.4 Å². The van der Waals surface area contributed by atoms with Gasteiger partial charge in [-0.2, -0.15) is 0 Å². The van der Waals surface area contributed by atoms with Gasteiger partial charge < -0.3 is 37.4 Å². The maximum atomic E-state index is 13.5. The minimum Gasteiger partial charge on any atom is -0.391 e. The van der Waals surface area contributed by atoms with Crippen LogP contribution in [0.15, 0.2) is 0 Å². The number of nitrogens with zero attached hydrogens (tertiary/aromatic N) is 1. The van der Waals surface area contributed by atoms with Gasteiger partial charge in [0.2, 0.25) is 29.5 Å². The van der Waals surface area contributed by atoms with Gasteiger partial charge in [0.05, 0.1) is 12.1 Å². The molecular weight excluding hydrogens is 492 g/mol. The predicted molar refractivity (Wildman–Crippen MR) is 143 cm³/mol. The standard InChI is InChI=1S/C26H48N6O6/c1-13(2)11-17(27)23(35)29-18(12-14(3)4)24(36)31-21(16(7)33)26(38)32-10-8-9-19(32)25(37)30-20(15(5)6)22(28)34/h13-21,33H,8-12,27H2,1-7H3,(H2,28,34)(H,29,35)(H,30,37)(H,31,36)/t16-,17+,18+,19+,20+,21+/m1/s1. The van der Waals surface area contributed by atoms with Crippen molar-refractivity contribution in [3.63, 3.8) is 0 Å². The molecule has 1 aliphatic heterocycles. The van der Waals surface area contributed by atoms with Crippen molar-refractivity contribution in [1.82, 2.24) is 20.9 Å². The highest BCUT2D eigenvalue weighted by Gasteiger charge is 2.41. The highest BCUT2D eigenvalue weighted by Crippen LogP contribution is 2.20. The molecule has 12 nitrogen and oxygen atoms in total. The molecule has 0 bridgehead atoms.